The Hall–Kier alpha value is -2.97. The molecule has 0 aliphatic carbocycles. The third-order valence-corrected chi connectivity index (χ3v) is 3.54. The van der Waals surface area contributed by atoms with E-state index >= 15 is 0 Å². The summed E-state index contributed by atoms with van der Waals surface area (Å²) in [5, 5.41) is 0.317. The van der Waals surface area contributed by atoms with E-state index in [-0.39, 0.29) is 11.4 Å². The molecule has 0 amide bonds. The molecule has 1 heterocycles. The molecule has 26 heavy (non-hydrogen) atoms. The fraction of sp³-hybridized carbons (Fsp3) is 0.176. The minimum Gasteiger partial charge on any atom is -0.487 e. The number of H-pyrrole nitrogens is 1. The number of halogens is 5. The average molecular weight is 370 g/mol. The highest BCUT2D eigenvalue weighted by Crippen LogP contribution is 2.38. The van der Waals surface area contributed by atoms with Crippen LogP contribution in [0.4, 0.5) is 22.0 Å². The predicted octanol–water partition coefficient (Wildman–Crippen LogP) is 4.25. The van der Waals surface area contributed by atoms with Crippen molar-refractivity contribution in [1.29, 1.82) is 0 Å². The van der Waals surface area contributed by atoms with Gasteiger partial charge in [0.1, 0.15) is 18.2 Å². The van der Waals surface area contributed by atoms with Gasteiger partial charge in [-0.2, -0.15) is 13.2 Å². The molecule has 0 spiro atoms. The van der Waals surface area contributed by atoms with Crippen molar-refractivity contribution in [2.45, 2.75) is 12.6 Å². The summed E-state index contributed by atoms with van der Waals surface area (Å²) < 4.78 is 68.4. The van der Waals surface area contributed by atoms with E-state index in [2.05, 4.69) is 14.7 Å². The van der Waals surface area contributed by atoms with Crippen molar-refractivity contribution < 1.29 is 26.7 Å². The van der Waals surface area contributed by atoms with Gasteiger partial charge in [0.2, 0.25) is 0 Å². The third kappa shape index (κ3) is 3.66. The summed E-state index contributed by atoms with van der Waals surface area (Å²) >= 11 is 0. The van der Waals surface area contributed by atoms with Gasteiger partial charge in [-0.1, -0.05) is 18.2 Å². The van der Waals surface area contributed by atoms with Gasteiger partial charge in [0.25, 0.3) is 12.0 Å². The van der Waals surface area contributed by atoms with Crippen molar-refractivity contribution in [2.75, 3.05) is 6.61 Å². The van der Waals surface area contributed by atoms with E-state index in [1.807, 2.05) is 0 Å². The second-order valence-corrected chi connectivity index (χ2v) is 5.34. The van der Waals surface area contributed by atoms with E-state index in [0.717, 1.165) is 12.1 Å². The first-order chi connectivity index (χ1) is 12.3. The molecule has 3 aromatic rings. The second-order valence-electron chi connectivity index (χ2n) is 5.34. The lowest BCUT2D eigenvalue weighted by atomic mass is 10.1. The summed E-state index contributed by atoms with van der Waals surface area (Å²) in [6.07, 6.45) is -7.71. The molecule has 0 radical (unpaired) electrons. The number of ether oxygens (including phenoxy) is 1. The standard InChI is InChI=1S/C17H11F5N2O2/c18-14(19)8-26-13-7-9(5-6-11(13)17(20,21)22)15-23-12-4-2-1-3-10(12)16(25)24-15/h1-7,14H,8H2,(H,23,24,25). The van der Waals surface area contributed by atoms with E-state index in [1.165, 1.54) is 0 Å². The highest BCUT2D eigenvalue weighted by atomic mass is 19.4. The number of rotatable bonds is 4. The molecular formula is C17H11F5N2O2. The van der Waals surface area contributed by atoms with Gasteiger partial charge in [-0.05, 0) is 24.3 Å². The SMILES string of the molecule is O=c1[nH]c(-c2ccc(C(F)(F)F)c(OCC(F)F)c2)nc2ccccc12. The van der Waals surface area contributed by atoms with Crippen LogP contribution in [0.25, 0.3) is 22.3 Å². The van der Waals surface area contributed by atoms with Crippen molar-refractivity contribution >= 4 is 10.9 Å². The summed E-state index contributed by atoms with van der Waals surface area (Å²) in [4.78, 5) is 18.8. The maximum absolute atomic E-state index is 13.0. The average Bonchev–Trinajstić information content (AvgIpc) is 2.59. The van der Waals surface area contributed by atoms with Crippen LogP contribution in [0.2, 0.25) is 0 Å². The molecule has 0 aliphatic rings. The molecule has 0 unspecified atom stereocenters. The van der Waals surface area contributed by atoms with Crippen LogP contribution in [-0.2, 0) is 6.18 Å². The fourth-order valence-corrected chi connectivity index (χ4v) is 2.40. The zero-order valence-electron chi connectivity index (χ0n) is 13.0. The van der Waals surface area contributed by atoms with Gasteiger partial charge in [0.15, 0.2) is 0 Å². The lowest BCUT2D eigenvalue weighted by Crippen LogP contribution is -2.13. The Bertz CT molecular complexity index is 998. The number of fused-ring (bicyclic) bond motifs is 1. The molecule has 136 valence electrons. The number of hydrogen-bond donors (Lipinski definition) is 1. The molecule has 9 heteroatoms. The number of benzene rings is 2. The highest BCUT2D eigenvalue weighted by Gasteiger charge is 2.34. The van der Waals surface area contributed by atoms with Gasteiger partial charge in [0, 0.05) is 5.56 Å². The Kier molecular flexibility index (Phi) is 4.62. The highest BCUT2D eigenvalue weighted by molar-refractivity contribution is 5.79. The molecule has 0 saturated heterocycles. The number of aromatic amines is 1. The Morgan fingerprint density at radius 1 is 1.12 bits per heavy atom. The summed E-state index contributed by atoms with van der Waals surface area (Å²) in [6.45, 7) is -1.19. The number of alkyl halides is 5. The third-order valence-electron chi connectivity index (χ3n) is 3.54. The van der Waals surface area contributed by atoms with Crippen LogP contribution in [0.5, 0.6) is 5.75 Å². The van der Waals surface area contributed by atoms with Crippen LogP contribution in [0.3, 0.4) is 0 Å². The van der Waals surface area contributed by atoms with Crippen molar-refractivity contribution in [3.05, 3.63) is 58.4 Å². The lowest BCUT2D eigenvalue weighted by Gasteiger charge is -2.15. The molecule has 0 bridgehead atoms. The summed E-state index contributed by atoms with van der Waals surface area (Å²) in [6, 6.07) is 9.14. The van der Waals surface area contributed by atoms with E-state index in [9.17, 15) is 26.7 Å². The van der Waals surface area contributed by atoms with Crippen LogP contribution < -0.4 is 10.3 Å². The Labute approximate surface area is 143 Å². The van der Waals surface area contributed by atoms with Crippen molar-refractivity contribution in [2.24, 2.45) is 0 Å². The smallest absolute Gasteiger partial charge is 0.419 e. The second kappa shape index (κ2) is 6.74. The monoisotopic (exact) mass is 370 g/mol. The number of nitrogens with one attached hydrogen (secondary N) is 1. The minimum atomic E-state index is -4.78. The zero-order chi connectivity index (χ0) is 18.9. The number of aromatic nitrogens is 2. The van der Waals surface area contributed by atoms with Crippen molar-refractivity contribution in [1.82, 2.24) is 9.97 Å². The number of nitrogens with zero attached hydrogens (tertiary/aromatic N) is 1. The Morgan fingerprint density at radius 3 is 2.54 bits per heavy atom. The molecule has 0 saturated carbocycles. The van der Waals surface area contributed by atoms with E-state index in [0.29, 0.717) is 17.0 Å². The molecule has 2 aromatic carbocycles. The van der Waals surface area contributed by atoms with Crippen LogP contribution >= 0.6 is 0 Å². The van der Waals surface area contributed by atoms with Crippen molar-refractivity contribution in [3.63, 3.8) is 0 Å². The van der Waals surface area contributed by atoms with Crippen LogP contribution in [0.1, 0.15) is 5.56 Å². The molecule has 0 fully saturated rings. The molecule has 3 rings (SSSR count). The van der Waals surface area contributed by atoms with Crippen LogP contribution in [0, 0.1) is 0 Å². The van der Waals surface area contributed by atoms with Gasteiger partial charge in [-0.25, -0.2) is 13.8 Å². The van der Waals surface area contributed by atoms with E-state index in [1.54, 1.807) is 24.3 Å². The van der Waals surface area contributed by atoms with Gasteiger partial charge >= 0.3 is 6.18 Å². The molecular weight excluding hydrogens is 359 g/mol. The van der Waals surface area contributed by atoms with E-state index < -0.39 is 36.1 Å². The van der Waals surface area contributed by atoms with Crippen LogP contribution in [-0.4, -0.2) is 23.0 Å². The quantitative estimate of drug-likeness (QED) is 0.699. The van der Waals surface area contributed by atoms with Crippen LogP contribution in [0.15, 0.2) is 47.3 Å². The van der Waals surface area contributed by atoms with Gasteiger partial charge < -0.3 is 9.72 Å². The normalized spacial score (nSPS) is 11.9. The number of hydrogen-bond acceptors (Lipinski definition) is 3. The summed E-state index contributed by atoms with van der Waals surface area (Å²) in [7, 11) is 0. The molecule has 1 N–H and O–H groups in total. The topological polar surface area (TPSA) is 55.0 Å². The van der Waals surface area contributed by atoms with Crippen molar-refractivity contribution in [3.8, 4) is 17.1 Å². The minimum absolute atomic E-state index is 0.00400. The van der Waals surface area contributed by atoms with E-state index in [4.69, 9.17) is 0 Å². The molecule has 0 atom stereocenters. The molecule has 4 nitrogen and oxygen atoms in total. The summed E-state index contributed by atoms with van der Waals surface area (Å²) in [5.41, 5.74) is -1.21. The Balaban J connectivity index is 2.11. The maximum Gasteiger partial charge on any atom is 0.419 e. The number of para-hydroxylation sites is 1. The Morgan fingerprint density at radius 2 is 1.85 bits per heavy atom. The van der Waals surface area contributed by atoms with Gasteiger partial charge in [-0.15, -0.1) is 0 Å². The first-order valence-electron chi connectivity index (χ1n) is 7.37. The molecule has 1 aromatic heterocycles. The predicted molar refractivity (Wildman–Crippen MR) is 84.3 cm³/mol. The molecule has 0 aliphatic heterocycles. The maximum atomic E-state index is 13.0. The zero-order valence-corrected chi connectivity index (χ0v) is 13.0. The van der Waals surface area contributed by atoms with Gasteiger partial charge in [-0.3, -0.25) is 4.79 Å². The summed E-state index contributed by atoms with van der Waals surface area (Å²) in [5.74, 6) is -0.754. The first kappa shape index (κ1) is 17.8. The largest absolute Gasteiger partial charge is 0.487 e. The first-order valence-corrected chi connectivity index (χ1v) is 7.37. The van der Waals surface area contributed by atoms with Gasteiger partial charge in [0.05, 0.1) is 16.5 Å². The fourth-order valence-electron chi connectivity index (χ4n) is 2.40. The lowest BCUT2D eigenvalue weighted by molar-refractivity contribution is -0.139.